The molecule has 0 aliphatic rings. The van der Waals surface area contributed by atoms with Gasteiger partial charge in [0.25, 0.3) is 0 Å². The van der Waals surface area contributed by atoms with Crippen molar-refractivity contribution in [2.45, 2.75) is 0 Å². The van der Waals surface area contributed by atoms with Crippen molar-refractivity contribution in [2.75, 3.05) is 23.4 Å². The summed E-state index contributed by atoms with van der Waals surface area (Å²) in [5.74, 6) is 1.17. The van der Waals surface area contributed by atoms with Crippen molar-refractivity contribution in [1.82, 2.24) is 15.0 Å². The minimum absolute atomic E-state index is 0.482. The molecule has 0 bridgehead atoms. The molecule has 0 spiro atoms. The predicted molar refractivity (Wildman–Crippen MR) is 81.0 cm³/mol. The number of hydrogen-bond acceptors (Lipinski definition) is 6. The van der Waals surface area contributed by atoms with Crippen LogP contribution in [0.2, 0.25) is 0 Å². The van der Waals surface area contributed by atoms with Gasteiger partial charge in [0.05, 0.1) is 5.52 Å². The molecule has 100 valence electrons. The van der Waals surface area contributed by atoms with E-state index in [9.17, 15) is 0 Å². The van der Waals surface area contributed by atoms with E-state index in [1.54, 1.807) is 13.2 Å². The molecule has 6 heteroatoms. The second-order valence-corrected chi connectivity index (χ2v) is 4.24. The normalized spacial score (nSPS) is 10.4. The minimum Gasteiger partial charge on any atom is -0.393 e. The number of nitrogens with zero attached hydrogens (tertiary/aromatic N) is 3. The molecule has 0 saturated carbocycles. The fraction of sp³-hybridized carbons (Fsp3) is 0.0714. The van der Waals surface area contributed by atoms with Crippen LogP contribution >= 0.6 is 0 Å². The molecular weight excluding hydrogens is 252 g/mol. The van der Waals surface area contributed by atoms with Gasteiger partial charge < -0.3 is 16.4 Å². The highest BCUT2D eigenvalue weighted by Gasteiger charge is 2.08. The highest BCUT2D eigenvalue weighted by atomic mass is 15.1. The van der Waals surface area contributed by atoms with Gasteiger partial charge in [0.1, 0.15) is 12.0 Å². The van der Waals surface area contributed by atoms with Gasteiger partial charge in [-0.15, -0.1) is 0 Å². The number of hydrogen-bond donors (Lipinski definition) is 3. The summed E-state index contributed by atoms with van der Waals surface area (Å²) >= 11 is 0. The van der Waals surface area contributed by atoms with Crippen molar-refractivity contribution in [3.05, 3.63) is 42.9 Å². The summed E-state index contributed by atoms with van der Waals surface area (Å²) < 4.78 is 0. The Labute approximate surface area is 116 Å². The maximum absolute atomic E-state index is 6.02. The van der Waals surface area contributed by atoms with Crippen molar-refractivity contribution in [2.24, 2.45) is 0 Å². The first-order valence-corrected chi connectivity index (χ1v) is 6.18. The molecule has 0 aliphatic carbocycles. The molecule has 0 aliphatic heterocycles. The molecule has 3 aromatic rings. The molecule has 6 nitrogen and oxygen atoms in total. The zero-order valence-electron chi connectivity index (χ0n) is 11.0. The van der Waals surface area contributed by atoms with Crippen LogP contribution in [0.1, 0.15) is 0 Å². The van der Waals surface area contributed by atoms with E-state index in [0.29, 0.717) is 17.3 Å². The standard InChI is InChI=1S/C14H14N6/c1-16-13-12(15)14(19-8-18-13)20-11-6-2-5-10-9(11)4-3-7-17-10/h2-8H,15H2,1H3,(H2,16,18,19,20). The molecule has 0 radical (unpaired) electrons. The summed E-state index contributed by atoms with van der Waals surface area (Å²) in [5.41, 5.74) is 8.32. The fourth-order valence-corrected chi connectivity index (χ4v) is 2.03. The van der Waals surface area contributed by atoms with Crippen LogP contribution < -0.4 is 16.4 Å². The van der Waals surface area contributed by atoms with Crippen molar-refractivity contribution in [1.29, 1.82) is 0 Å². The lowest BCUT2D eigenvalue weighted by molar-refractivity contribution is 1.16. The van der Waals surface area contributed by atoms with Crippen LogP contribution in [-0.4, -0.2) is 22.0 Å². The van der Waals surface area contributed by atoms with Crippen molar-refractivity contribution in [3.8, 4) is 0 Å². The molecule has 0 fully saturated rings. The molecular formula is C14H14N6. The monoisotopic (exact) mass is 266 g/mol. The number of anilines is 4. The van der Waals surface area contributed by atoms with Crippen molar-refractivity contribution < 1.29 is 0 Å². The van der Waals surface area contributed by atoms with E-state index in [4.69, 9.17) is 5.73 Å². The van der Waals surface area contributed by atoms with Crippen molar-refractivity contribution >= 4 is 33.9 Å². The number of nitrogens with two attached hydrogens (primary N) is 1. The Morgan fingerprint density at radius 3 is 2.70 bits per heavy atom. The van der Waals surface area contributed by atoms with E-state index in [0.717, 1.165) is 16.6 Å². The Kier molecular flexibility index (Phi) is 3.04. The SMILES string of the molecule is CNc1ncnc(Nc2cccc3ncccc23)c1N. The van der Waals surface area contributed by atoms with Crippen molar-refractivity contribution in [3.63, 3.8) is 0 Å². The van der Waals surface area contributed by atoms with Crippen LogP contribution in [0, 0.1) is 0 Å². The number of aromatic nitrogens is 3. The summed E-state index contributed by atoms with van der Waals surface area (Å²) in [7, 11) is 1.77. The van der Waals surface area contributed by atoms with Gasteiger partial charge in [-0.3, -0.25) is 4.98 Å². The van der Waals surface area contributed by atoms with Gasteiger partial charge in [-0.1, -0.05) is 6.07 Å². The van der Waals surface area contributed by atoms with Gasteiger partial charge in [-0.05, 0) is 24.3 Å². The number of rotatable bonds is 3. The quantitative estimate of drug-likeness (QED) is 0.674. The maximum Gasteiger partial charge on any atom is 0.159 e. The molecule has 20 heavy (non-hydrogen) atoms. The Balaban J connectivity index is 2.06. The van der Waals surface area contributed by atoms with Crippen LogP contribution in [0.5, 0.6) is 0 Å². The Morgan fingerprint density at radius 1 is 1.00 bits per heavy atom. The van der Waals surface area contributed by atoms with Crippen LogP contribution in [0.3, 0.4) is 0 Å². The Bertz CT molecular complexity index is 750. The first-order chi connectivity index (χ1) is 9.79. The van der Waals surface area contributed by atoms with E-state index in [1.807, 2.05) is 30.3 Å². The molecule has 0 unspecified atom stereocenters. The van der Waals surface area contributed by atoms with Crippen LogP contribution in [-0.2, 0) is 0 Å². The lowest BCUT2D eigenvalue weighted by Crippen LogP contribution is -2.05. The average Bonchev–Trinajstić information content (AvgIpc) is 2.50. The van der Waals surface area contributed by atoms with Gasteiger partial charge >= 0.3 is 0 Å². The Hall–Kier alpha value is -2.89. The van der Waals surface area contributed by atoms with E-state index in [1.165, 1.54) is 6.33 Å². The summed E-state index contributed by atoms with van der Waals surface area (Å²) in [6.07, 6.45) is 3.23. The lowest BCUT2D eigenvalue weighted by Gasteiger charge is -2.12. The van der Waals surface area contributed by atoms with Gasteiger partial charge in [-0.2, -0.15) is 0 Å². The van der Waals surface area contributed by atoms with Gasteiger partial charge in [0.15, 0.2) is 11.6 Å². The van der Waals surface area contributed by atoms with Gasteiger partial charge in [0.2, 0.25) is 0 Å². The minimum atomic E-state index is 0.482. The molecule has 0 amide bonds. The van der Waals surface area contributed by atoms with Crippen LogP contribution in [0.25, 0.3) is 10.9 Å². The molecule has 0 saturated heterocycles. The van der Waals surface area contributed by atoms with Gasteiger partial charge in [-0.25, -0.2) is 9.97 Å². The number of nitrogens with one attached hydrogen (secondary N) is 2. The number of nitrogen functional groups attached to an aromatic ring is 1. The van der Waals surface area contributed by atoms with Crippen LogP contribution in [0.15, 0.2) is 42.9 Å². The highest BCUT2D eigenvalue weighted by Crippen LogP contribution is 2.28. The maximum atomic E-state index is 6.02. The Morgan fingerprint density at radius 2 is 1.85 bits per heavy atom. The molecule has 3 rings (SSSR count). The average molecular weight is 266 g/mol. The lowest BCUT2D eigenvalue weighted by atomic mass is 10.2. The zero-order chi connectivity index (χ0) is 13.9. The molecule has 4 N–H and O–H groups in total. The van der Waals surface area contributed by atoms with E-state index in [2.05, 4.69) is 25.6 Å². The van der Waals surface area contributed by atoms with E-state index >= 15 is 0 Å². The second-order valence-electron chi connectivity index (χ2n) is 4.24. The van der Waals surface area contributed by atoms with Gasteiger partial charge in [0, 0.05) is 24.3 Å². The third-order valence-electron chi connectivity index (χ3n) is 3.02. The molecule has 1 aromatic carbocycles. The number of fused-ring (bicyclic) bond motifs is 1. The topological polar surface area (TPSA) is 88.8 Å². The summed E-state index contributed by atoms with van der Waals surface area (Å²) in [6, 6.07) is 9.76. The number of pyridine rings is 1. The zero-order valence-corrected chi connectivity index (χ0v) is 11.0. The largest absolute Gasteiger partial charge is 0.393 e. The first kappa shape index (κ1) is 12.2. The fourth-order valence-electron chi connectivity index (χ4n) is 2.03. The van der Waals surface area contributed by atoms with E-state index in [-0.39, 0.29) is 0 Å². The predicted octanol–water partition coefficient (Wildman–Crippen LogP) is 2.39. The molecule has 0 atom stereocenters. The third kappa shape index (κ3) is 2.07. The number of benzene rings is 1. The highest BCUT2D eigenvalue weighted by molar-refractivity contribution is 5.94. The smallest absolute Gasteiger partial charge is 0.159 e. The molecule has 2 aromatic heterocycles. The van der Waals surface area contributed by atoms with Crippen LogP contribution in [0.4, 0.5) is 23.0 Å². The summed E-state index contributed by atoms with van der Waals surface area (Å²) in [5, 5.41) is 7.18. The third-order valence-corrected chi connectivity index (χ3v) is 3.02. The summed E-state index contributed by atoms with van der Waals surface area (Å²) in [6.45, 7) is 0. The van der Waals surface area contributed by atoms with E-state index < -0.39 is 0 Å². The second kappa shape index (κ2) is 5.00. The molecule has 2 heterocycles. The summed E-state index contributed by atoms with van der Waals surface area (Å²) in [4.78, 5) is 12.6. The first-order valence-electron chi connectivity index (χ1n) is 6.18.